The van der Waals surface area contributed by atoms with Crippen molar-refractivity contribution in [2.45, 2.75) is 40.0 Å². The van der Waals surface area contributed by atoms with Crippen molar-refractivity contribution >= 4 is 0 Å². The van der Waals surface area contributed by atoms with Gasteiger partial charge in [0.1, 0.15) is 5.75 Å². The van der Waals surface area contributed by atoms with E-state index in [4.69, 9.17) is 4.74 Å². The molecule has 0 aliphatic carbocycles. The number of nitrogens with zero attached hydrogens (tertiary/aromatic N) is 1. The molecule has 20 heavy (non-hydrogen) atoms. The van der Waals surface area contributed by atoms with Crippen LogP contribution in [0.1, 0.15) is 37.6 Å². The first-order valence-corrected chi connectivity index (χ1v) is 6.95. The molecular weight excluding hydrogens is 246 g/mol. The minimum Gasteiger partial charge on any atom is -0.496 e. The SMILES string of the molecule is COc1ccc(-c2cnc(C(C)(C)C)cc2C)cc1C. The van der Waals surface area contributed by atoms with Crippen LogP contribution in [0.2, 0.25) is 0 Å². The van der Waals surface area contributed by atoms with Crippen LogP contribution in [0.15, 0.2) is 30.5 Å². The molecule has 0 saturated carbocycles. The molecule has 1 aromatic heterocycles. The molecule has 0 radical (unpaired) electrons. The van der Waals surface area contributed by atoms with Crippen LogP contribution in [0.5, 0.6) is 5.75 Å². The van der Waals surface area contributed by atoms with Crippen molar-refractivity contribution in [2.75, 3.05) is 7.11 Å². The van der Waals surface area contributed by atoms with Crippen molar-refractivity contribution in [3.05, 3.63) is 47.3 Å². The summed E-state index contributed by atoms with van der Waals surface area (Å²) < 4.78 is 5.31. The molecule has 2 nitrogen and oxygen atoms in total. The Morgan fingerprint density at radius 3 is 2.20 bits per heavy atom. The second kappa shape index (κ2) is 5.28. The molecule has 2 rings (SSSR count). The summed E-state index contributed by atoms with van der Waals surface area (Å²) in [6.07, 6.45) is 1.98. The van der Waals surface area contributed by atoms with Crippen LogP contribution in [0.25, 0.3) is 11.1 Å². The third kappa shape index (κ3) is 2.84. The standard InChI is InChI=1S/C18H23NO/c1-12-10-17(18(3,4)5)19-11-15(12)14-7-8-16(20-6)13(2)9-14/h7-11H,1-6H3. The first-order valence-electron chi connectivity index (χ1n) is 6.95. The highest BCUT2D eigenvalue weighted by Gasteiger charge is 2.16. The predicted octanol–water partition coefficient (Wildman–Crippen LogP) is 4.67. The zero-order valence-corrected chi connectivity index (χ0v) is 13.2. The number of aryl methyl sites for hydroxylation is 2. The Kier molecular flexibility index (Phi) is 3.85. The van der Waals surface area contributed by atoms with Crippen LogP contribution in [0, 0.1) is 13.8 Å². The molecule has 0 spiro atoms. The third-order valence-corrected chi connectivity index (χ3v) is 3.59. The fraction of sp³-hybridized carbons (Fsp3) is 0.389. The van der Waals surface area contributed by atoms with Gasteiger partial charge in [-0.1, -0.05) is 26.8 Å². The van der Waals surface area contributed by atoms with Crippen LogP contribution < -0.4 is 4.74 Å². The Morgan fingerprint density at radius 1 is 1.00 bits per heavy atom. The molecule has 0 aliphatic rings. The maximum absolute atomic E-state index is 5.31. The first kappa shape index (κ1) is 14.6. The van der Waals surface area contributed by atoms with Crippen molar-refractivity contribution in [2.24, 2.45) is 0 Å². The molecule has 1 heterocycles. The molecular formula is C18H23NO. The van der Waals surface area contributed by atoms with Gasteiger partial charge in [-0.3, -0.25) is 4.98 Å². The molecule has 0 N–H and O–H groups in total. The number of pyridine rings is 1. The summed E-state index contributed by atoms with van der Waals surface area (Å²) in [5, 5.41) is 0. The highest BCUT2D eigenvalue weighted by Crippen LogP contribution is 2.30. The van der Waals surface area contributed by atoms with E-state index in [0.29, 0.717) is 0 Å². The second-order valence-corrected chi connectivity index (χ2v) is 6.32. The Balaban J connectivity index is 2.46. The number of ether oxygens (including phenoxy) is 1. The topological polar surface area (TPSA) is 22.1 Å². The Bertz CT molecular complexity index is 624. The summed E-state index contributed by atoms with van der Waals surface area (Å²) in [5.74, 6) is 0.922. The fourth-order valence-electron chi connectivity index (χ4n) is 2.31. The van der Waals surface area contributed by atoms with E-state index in [9.17, 15) is 0 Å². The van der Waals surface area contributed by atoms with E-state index < -0.39 is 0 Å². The van der Waals surface area contributed by atoms with E-state index >= 15 is 0 Å². The van der Waals surface area contributed by atoms with Crippen molar-refractivity contribution in [3.63, 3.8) is 0 Å². The van der Waals surface area contributed by atoms with Crippen molar-refractivity contribution in [1.29, 1.82) is 0 Å². The van der Waals surface area contributed by atoms with Gasteiger partial charge in [0, 0.05) is 22.9 Å². The van der Waals surface area contributed by atoms with E-state index in [2.05, 4.69) is 57.8 Å². The van der Waals surface area contributed by atoms with E-state index in [1.165, 1.54) is 16.7 Å². The van der Waals surface area contributed by atoms with Gasteiger partial charge in [0.25, 0.3) is 0 Å². The molecule has 2 heteroatoms. The molecule has 2 aromatic rings. The second-order valence-electron chi connectivity index (χ2n) is 6.32. The molecule has 0 aliphatic heterocycles. The first-order chi connectivity index (χ1) is 9.32. The minimum atomic E-state index is 0.0825. The van der Waals surface area contributed by atoms with Crippen LogP contribution in [0.3, 0.4) is 0 Å². The van der Waals surface area contributed by atoms with Crippen LogP contribution in [0.4, 0.5) is 0 Å². The zero-order valence-electron chi connectivity index (χ0n) is 13.2. The van der Waals surface area contributed by atoms with Gasteiger partial charge in [0.15, 0.2) is 0 Å². The number of hydrogen-bond acceptors (Lipinski definition) is 2. The minimum absolute atomic E-state index is 0.0825. The smallest absolute Gasteiger partial charge is 0.121 e. The molecule has 0 amide bonds. The van der Waals surface area contributed by atoms with E-state index in [0.717, 1.165) is 17.0 Å². The van der Waals surface area contributed by atoms with Gasteiger partial charge in [-0.2, -0.15) is 0 Å². The number of methoxy groups -OCH3 is 1. The molecule has 0 saturated heterocycles. The molecule has 0 fully saturated rings. The van der Waals surface area contributed by atoms with Gasteiger partial charge in [0.05, 0.1) is 7.11 Å². The van der Waals surface area contributed by atoms with Gasteiger partial charge in [0.2, 0.25) is 0 Å². The van der Waals surface area contributed by atoms with Gasteiger partial charge in [-0.25, -0.2) is 0 Å². The molecule has 1 aromatic carbocycles. The van der Waals surface area contributed by atoms with Crippen molar-refractivity contribution in [3.8, 4) is 16.9 Å². The van der Waals surface area contributed by atoms with Crippen LogP contribution in [-0.4, -0.2) is 12.1 Å². The highest BCUT2D eigenvalue weighted by atomic mass is 16.5. The van der Waals surface area contributed by atoms with Crippen molar-refractivity contribution in [1.82, 2.24) is 4.98 Å². The lowest BCUT2D eigenvalue weighted by molar-refractivity contribution is 0.412. The predicted molar refractivity (Wildman–Crippen MR) is 84.4 cm³/mol. The average molecular weight is 269 g/mol. The van der Waals surface area contributed by atoms with Crippen LogP contribution in [-0.2, 0) is 5.41 Å². The van der Waals surface area contributed by atoms with Gasteiger partial charge >= 0.3 is 0 Å². The molecule has 0 unspecified atom stereocenters. The van der Waals surface area contributed by atoms with Gasteiger partial charge in [-0.05, 0) is 48.7 Å². The summed E-state index contributed by atoms with van der Waals surface area (Å²) in [4.78, 5) is 4.63. The monoisotopic (exact) mass is 269 g/mol. The zero-order chi connectivity index (χ0) is 14.9. The number of rotatable bonds is 2. The van der Waals surface area contributed by atoms with Gasteiger partial charge in [-0.15, -0.1) is 0 Å². The average Bonchev–Trinajstić information content (AvgIpc) is 2.37. The molecule has 106 valence electrons. The quantitative estimate of drug-likeness (QED) is 0.790. The number of hydrogen-bond donors (Lipinski definition) is 0. The molecule has 0 bridgehead atoms. The summed E-state index contributed by atoms with van der Waals surface area (Å²) in [5.41, 5.74) is 5.99. The number of benzene rings is 1. The summed E-state index contributed by atoms with van der Waals surface area (Å²) in [6, 6.07) is 8.45. The highest BCUT2D eigenvalue weighted by molar-refractivity contribution is 5.68. The Hall–Kier alpha value is -1.83. The molecule has 0 atom stereocenters. The van der Waals surface area contributed by atoms with E-state index in [-0.39, 0.29) is 5.41 Å². The summed E-state index contributed by atoms with van der Waals surface area (Å²) >= 11 is 0. The number of aromatic nitrogens is 1. The van der Waals surface area contributed by atoms with E-state index in [1.807, 2.05) is 12.3 Å². The largest absolute Gasteiger partial charge is 0.496 e. The fourth-order valence-corrected chi connectivity index (χ4v) is 2.31. The lowest BCUT2D eigenvalue weighted by Crippen LogP contribution is -2.13. The maximum atomic E-state index is 5.31. The Morgan fingerprint density at radius 2 is 1.70 bits per heavy atom. The van der Waals surface area contributed by atoms with Crippen molar-refractivity contribution < 1.29 is 4.74 Å². The van der Waals surface area contributed by atoms with Crippen LogP contribution >= 0.6 is 0 Å². The van der Waals surface area contributed by atoms with Gasteiger partial charge < -0.3 is 4.74 Å². The van der Waals surface area contributed by atoms with E-state index in [1.54, 1.807) is 7.11 Å². The summed E-state index contributed by atoms with van der Waals surface area (Å²) in [7, 11) is 1.70. The maximum Gasteiger partial charge on any atom is 0.121 e. The lowest BCUT2D eigenvalue weighted by Gasteiger charge is -2.19. The lowest BCUT2D eigenvalue weighted by atomic mass is 9.89. The third-order valence-electron chi connectivity index (χ3n) is 3.59. The normalized spacial score (nSPS) is 11.5. The summed E-state index contributed by atoms with van der Waals surface area (Å²) in [6.45, 7) is 10.8. The Labute approximate surface area is 121 Å².